The number of carboxylic acid groups (broad SMARTS) is 1. The SMILES string of the molecule is CCC/C(=C/C(=O)O)[Te]C[C@@]12CC[C@@H](C[C@@H]1O)C2(C)C. The van der Waals surface area contributed by atoms with Gasteiger partial charge in [0, 0.05) is 0 Å². The summed E-state index contributed by atoms with van der Waals surface area (Å²) in [4.78, 5) is 10.9. The van der Waals surface area contributed by atoms with E-state index >= 15 is 0 Å². The molecule has 0 aromatic carbocycles. The van der Waals surface area contributed by atoms with Gasteiger partial charge in [-0.1, -0.05) is 0 Å². The Balaban J connectivity index is 2.10. The van der Waals surface area contributed by atoms with E-state index in [1.807, 2.05) is 0 Å². The van der Waals surface area contributed by atoms with Gasteiger partial charge in [0.05, 0.1) is 0 Å². The first kappa shape index (κ1) is 16.3. The van der Waals surface area contributed by atoms with Crippen molar-refractivity contribution in [3.05, 3.63) is 9.70 Å². The van der Waals surface area contributed by atoms with E-state index in [1.165, 1.54) is 12.5 Å². The van der Waals surface area contributed by atoms with Crippen LogP contribution in [0.2, 0.25) is 4.47 Å². The van der Waals surface area contributed by atoms with Crippen LogP contribution in [0.1, 0.15) is 52.9 Å². The van der Waals surface area contributed by atoms with Crippen molar-refractivity contribution in [2.75, 3.05) is 0 Å². The summed E-state index contributed by atoms with van der Waals surface area (Å²) in [5.41, 5.74) is 0.281. The Morgan fingerprint density at radius 1 is 1.45 bits per heavy atom. The van der Waals surface area contributed by atoms with Crippen LogP contribution in [0.15, 0.2) is 9.70 Å². The number of carboxylic acids is 1. The number of fused-ring (bicyclic) bond motifs is 2. The first-order valence-corrected chi connectivity index (χ1v) is 10.4. The van der Waals surface area contributed by atoms with Crippen LogP contribution in [-0.4, -0.2) is 43.2 Å². The minimum absolute atomic E-state index is 0.0608. The van der Waals surface area contributed by atoms with Gasteiger partial charge in [0.15, 0.2) is 0 Å². The van der Waals surface area contributed by atoms with Gasteiger partial charge in [-0.3, -0.25) is 0 Å². The van der Waals surface area contributed by atoms with Gasteiger partial charge in [-0.05, 0) is 0 Å². The molecule has 2 N–H and O–H groups in total. The Morgan fingerprint density at radius 3 is 2.60 bits per heavy atom. The van der Waals surface area contributed by atoms with E-state index in [-0.39, 0.29) is 16.9 Å². The summed E-state index contributed by atoms with van der Waals surface area (Å²) >= 11 is -0.490. The normalized spacial score (nSPS) is 35.5. The molecular formula is C16H26O3Te. The number of allylic oxidation sites excluding steroid dienone is 1. The van der Waals surface area contributed by atoms with Gasteiger partial charge in [-0.25, -0.2) is 0 Å². The fourth-order valence-electron chi connectivity index (χ4n) is 4.17. The number of hydrogen-bond acceptors (Lipinski definition) is 2. The van der Waals surface area contributed by atoms with Crippen molar-refractivity contribution in [3.63, 3.8) is 0 Å². The first-order valence-electron chi connectivity index (χ1n) is 7.58. The Bertz CT molecular complexity index is 416. The standard InChI is InChI=1S/C16H26O3Te/c1-4-5-12(9-14(18)19)20-10-16-7-6-11(8-13(16)17)15(16,2)3/h9,11,13,17H,4-8,10H2,1-3H3,(H,18,19)/b12-9-/t11-,13-,16-/m0/s1. The summed E-state index contributed by atoms with van der Waals surface area (Å²) in [6.45, 7) is 6.73. The van der Waals surface area contributed by atoms with Crippen LogP contribution in [0, 0.1) is 16.7 Å². The van der Waals surface area contributed by atoms with Gasteiger partial charge in [-0.2, -0.15) is 0 Å². The summed E-state index contributed by atoms with van der Waals surface area (Å²) in [5, 5.41) is 19.5. The summed E-state index contributed by atoms with van der Waals surface area (Å²) in [6.07, 6.45) is 6.49. The fraction of sp³-hybridized carbons (Fsp3) is 0.812. The minimum atomic E-state index is -0.813. The average molecular weight is 394 g/mol. The summed E-state index contributed by atoms with van der Waals surface area (Å²) in [5.74, 6) is -0.158. The maximum absolute atomic E-state index is 10.9. The second-order valence-corrected chi connectivity index (χ2v) is 10.00. The molecule has 0 heterocycles. The molecule has 0 aromatic heterocycles. The van der Waals surface area contributed by atoms with Gasteiger partial charge >= 0.3 is 132 Å². The molecule has 3 atom stereocenters. The number of aliphatic carboxylic acids is 1. The second kappa shape index (κ2) is 5.99. The zero-order chi connectivity index (χ0) is 15.0. The van der Waals surface area contributed by atoms with Gasteiger partial charge in [0.25, 0.3) is 0 Å². The molecule has 3 nitrogen and oxygen atoms in total. The monoisotopic (exact) mass is 396 g/mol. The Kier molecular flexibility index (Phi) is 4.89. The molecule has 2 bridgehead atoms. The van der Waals surface area contributed by atoms with Crippen molar-refractivity contribution in [1.29, 1.82) is 0 Å². The molecule has 4 heteroatoms. The molecule has 0 radical (unpaired) electrons. The van der Waals surface area contributed by atoms with Crippen molar-refractivity contribution in [2.24, 2.45) is 16.7 Å². The Morgan fingerprint density at radius 2 is 2.15 bits per heavy atom. The van der Waals surface area contributed by atoms with E-state index in [9.17, 15) is 9.90 Å². The topological polar surface area (TPSA) is 57.5 Å². The first-order chi connectivity index (χ1) is 9.33. The van der Waals surface area contributed by atoms with Crippen LogP contribution in [0.5, 0.6) is 0 Å². The van der Waals surface area contributed by atoms with Crippen molar-refractivity contribution in [1.82, 2.24) is 0 Å². The Labute approximate surface area is 131 Å². The maximum atomic E-state index is 10.9. The zero-order valence-corrected chi connectivity index (χ0v) is 15.0. The molecular weight excluding hydrogens is 368 g/mol. The molecule has 2 saturated carbocycles. The van der Waals surface area contributed by atoms with Crippen LogP contribution in [0.25, 0.3) is 0 Å². The van der Waals surface area contributed by atoms with E-state index in [0.717, 1.165) is 33.8 Å². The predicted molar refractivity (Wildman–Crippen MR) is 80.7 cm³/mol. The summed E-state index contributed by atoms with van der Waals surface area (Å²) in [6, 6.07) is 0. The molecule has 0 spiro atoms. The molecule has 2 aliphatic rings. The van der Waals surface area contributed by atoms with Gasteiger partial charge < -0.3 is 0 Å². The van der Waals surface area contributed by atoms with E-state index in [0.29, 0.717) is 5.92 Å². The molecule has 0 aromatic rings. The van der Waals surface area contributed by atoms with Gasteiger partial charge in [-0.15, -0.1) is 0 Å². The van der Waals surface area contributed by atoms with Crippen LogP contribution in [0.4, 0.5) is 0 Å². The number of aliphatic hydroxyl groups is 1. The molecule has 20 heavy (non-hydrogen) atoms. The van der Waals surface area contributed by atoms with Crippen LogP contribution < -0.4 is 0 Å². The van der Waals surface area contributed by atoms with E-state index in [1.54, 1.807) is 0 Å². The summed E-state index contributed by atoms with van der Waals surface area (Å²) in [7, 11) is 0. The van der Waals surface area contributed by atoms with Crippen molar-refractivity contribution in [3.8, 4) is 0 Å². The second-order valence-electron chi connectivity index (χ2n) is 6.85. The van der Waals surface area contributed by atoms with Crippen LogP contribution in [0.3, 0.4) is 0 Å². The van der Waals surface area contributed by atoms with E-state index in [4.69, 9.17) is 5.11 Å². The molecule has 0 unspecified atom stereocenters. The predicted octanol–water partition coefficient (Wildman–Crippen LogP) is 3.06. The van der Waals surface area contributed by atoms with Crippen LogP contribution in [-0.2, 0) is 4.79 Å². The third-order valence-corrected chi connectivity index (χ3v) is 9.54. The third-order valence-electron chi connectivity index (χ3n) is 5.68. The molecule has 0 saturated heterocycles. The molecule has 2 rings (SSSR count). The Hall–Kier alpha value is -0.0404. The van der Waals surface area contributed by atoms with Crippen molar-refractivity contribution < 1.29 is 15.0 Å². The van der Waals surface area contributed by atoms with Crippen molar-refractivity contribution in [2.45, 2.75) is 63.4 Å². The molecule has 0 amide bonds. The number of carbonyl (C=O) groups is 1. The van der Waals surface area contributed by atoms with E-state index in [2.05, 4.69) is 20.8 Å². The molecule has 2 fully saturated rings. The fourth-order valence-corrected chi connectivity index (χ4v) is 8.98. The third kappa shape index (κ3) is 2.67. The van der Waals surface area contributed by atoms with Crippen LogP contribution >= 0.6 is 0 Å². The number of aliphatic hydroxyl groups excluding tert-OH is 1. The van der Waals surface area contributed by atoms with Gasteiger partial charge in [0.1, 0.15) is 0 Å². The van der Waals surface area contributed by atoms with Gasteiger partial charge in [0.2, 0.25) is 0 Å². The number of rotatable bonds is 6. The van der Waals surface area contributed by atoms with E-state index < -0.39 is 26.9 Å². The molecule has 2 aliphatic carbocycles. The summed E-state index contributed by atoms with van der Waals surface area (Å²) < 4.78 is 2.21. The molecule has 114 valence electrons. The molecule has 0 aliphatic heterocycles. The zero-order valence-electron chi connectivity index (χ0n) is 12.7. The quantitative estimate of drug-likeness (QED) is 0.538. The van der Waals surface area contributed by atoms with Crippen molar-refractivity contribution >= 4 is 26.9 Å². The number of hydrogen-bond donors (Lipinski definition) is 2. The average Bonchev–Trinajstić information content (AvgIpc) is 2.69.